The van der Waals surface area contributed by atoms with E-state index in [1.54, 1.807) is 41.3 Å². The number of hydrogen-bond donors (Lipinski definition) is 1. The fourth-order valence-electron chi connectivity index (χ4n) is 2.95. The van der Waals surface area contributed by atoms with Gasteiger partial charge in [0.2, 0.25) is 5.91 Å². The van der Waals surface area contributed by atoms with Crippen molar-refractivity contribution >= 4 is 23.3 Å². The molecule has 1 amide bonds. The first-order valence-electron chi connectivity index (χ1n) is 8.85. The van der Waals surface area contributed by atoms with Crippen LogP contribution in [0.4, 0.5) is 11.4 Å². The Morgan fingerprint density at radius 1 is 0.929 bits per heavy atom. The Labute approximate surface area is 162 Å². The summed E-state index contributed by atoms with van der Waals surface area (Å²) in [7, 11) is 0. The van der Waals surface area contributed by atoms with Crippen LogP contribution in [0.15, 0.2) is 78.9 Å². The van der Waals surface area contributed by atoms with Crippen LogP contribution in [0, 0.1) is 0 Å². The summed E-state index contributed by atoms with van der Waals surface area (Å²) >= 11 is 0. The second-order valence-corrected chi connectivity index (χ2v) is 6.29. The normalized spacial score (nSPS) is 12.7. The van der Waals surface area contributed by atoms with Gasteiger partial charge in [-0.15, -0.1) is 0 Å². The van der Waals surface area contributed by atoms with Crippen molar-refractivity contribution in [3.63, 3.8) is 0 Å². The number of hydrogen-bond acceptors (Lipinski definition) is 5. The topological polar surface area (TPSA) is 67.9 Å². The van der Waals surface area contributed by atoms with Crippen LogP contribution in [-0.2, 0) is 9.59 Å². The lowest BCUT2D eigenvalue weighted by molar-refractivity contribution is -0.133. The Hall–Kier alpha value is -3.80. The lowest BCUT2D eigenvalue weighted by Crippen LogP contribution is -2.41. The molecule has 0 fully saturated rings. The summed E-state index contributed by atoms with van der Waals surface area (Å²) in [4.78, 5) is 25.9. The lowest BCUT2D eigenvalue weighted by Gasteiger charge is -2.29. The number of ether oxygens (including phenoxy) is 2. The highest BCUT2D eigenvalue weighted by Crippen LogP contribution is 2.31. The second-order valence-electron chi connectivity index (χ2n) is 6.29. The van der Waals surface area contributed by atoms with Gasteiger partial charge in [0.05, 0.1) is 12.2 Å². The molecule has 0 aromatic heterocycles. The van der Waals surface area contributed by atoms with E-state index in [1.165, 1.54) is 0 Å². The van der Waals surface area contributed by atoms with E-state index in [2.05, 4.69) is 5.32 Å². The summed E-state index contributed by atoms with van der Waals surface area (Å²) in [5.41, 5.74) is 1.38. The Balaban J connectivity index is 1.38. The van der Waals surface area contributed by atoms with E-state index in [4.69, 9.17) is 9.47 Å². The van der Waals surface area contributed by atoms with Gasteiger partial charge in [0.1, 0.15) is 18.0 Å². The fraction of sp³-hybridized carbons (Fsp3) is 0.0909. The summed E-state index contributed by atoms with van der Waals surface area (Å²) < 4.78 is 10.9. The molecule has 0 unspecified atom stereocenters. The minimum absolute atomic E-state index is 0.0360. The third-order valence-corrected chi connectivity index (χ3v) is 4.20. The number of para-hydroxylation sites is 3. The van der Waals surface area contributed by atoms with E-state index in [9.17, 15) is 9.59 Å². The molecule has 1 heterocycles. The zero-order valence-electron chi connectivity index (χ0n) is 15.0. The second kappa shape index (κ2) is 7.84. The molecule has 6 nitrogen and oxygen atoms in total. The maximum absolute atomic E-state index is 12.4. The van der Waals surface area contributed by atoms with Crippen molar-refractivity contribution < 1.29 is 19.1 Å². The first kappa shape index (κ1) is 17.6. The molecule has 4 rings (SSSR count). The average Bonchev–Trinajstić information content (AvgIpc) is 2.70. The number of esters is 1. The highest BCUT2D eigenvalue weighted by atomic mass is 16.5. The van der Waals surface area contributed by atoms with E-state index in [0.717, 1.165) is 11.4 Å². The largest absolute Gasteiger partial charge is 0.457 e. The number of fused-ring (bicyclic) bond motifs is 1. The number of carbonyl (C=O) groups is 2. The molecule has 28 heavy (non-hydrogen) atoms. The third kappa shape index (κ3) is 4.12. The quantitative estimate of drug-likeness (QED) is 0.543. The zero-order chi connectivity index (χ0) is 19.3. The van der Waals surface area contributed by atoms with Gasteiger partial charge < -0.3 is 19.7 Å². The summed E-state index contributed by atoms with van der Waals surface area (Å²) in [5, 5.41) is 2.84. The number of nitrogens with zero attached hydrogens (tertiary/aromatic N) is 1. The number of amides is 1. The van der Waals surface area contributed by atoms with Gasteiger partial charge in [-0.05, 0) is 48.5 Å². The van der Waals surface area contributed by atoms with Crippen molar-refractivity contribution in [2.75, 3.05) is 23.3 Å². The van der Waals surface area contributed by atoms with Crippen molar-refractivity contribution in [2.45, 2.75) is 0 Å². The van der Waals surface area contributed by atoms with Gasteiger partial charge >= 0.3 is 5.97 Å². The predicted molar refractivity (Wildman–Crippen MR) is 106 cm³/mol. The SMILES string of the molecule is O=C(CN1CC(=O)Oc2ccccc21)Nc1ccc(Oc2ccccc2)cc1. The lowest BCUT2D eigenvalue weighted by atomic mass is 10.2. The molecule has 1 N–H and O–H groups in total. The van der Waals surface area contributed by atoms with Crippen molar-refractivity contribution in [1.29, 1.82) is 0 Å². The maximum Gasteiger partial charge on any atom is 0.331 e. The summed E-state index contributed by atoms with van der Waals surface area (Å²) in [6.07, 6.45) is 0. The predicted octanol–water partition coefficient (Wildman–Crippen LogP) is 3.84. The van der Waals surface area contributed by atoms with Crippen LogP contribution in [0.1, 0.15) is 0 Å². The zero-order valence-corrected chi connectivity index (χ0v) is 15.0. The molecule has 0 aliphatic carbocycles. The molecule has 0 atom stereocenters. The van der Waals surface area contributed by atoms with Gasteiger partial charge in [0.15, 0.2) is 5.75 Å². The van der Waals surface area contributed by atoms with Crippen molar-refractivity contribution in [3.05, 3.63) is 78.9 Å². The van der Waals surface area contributed by atoms with Gasteiger partial charge in [-0.3, -0.25) is 4.79 Å². The van der Waals surface area contributed by atoms with Crippen LogP contribution in [-0.4, -0.2) is 25.0 Å². The third-order valence-electron chi connectivity index (χ3n) is 4.20. The minimum Gasteiger partial charge on any atom is -0.457 e. The maximum atomic E-state index is 12.4. The molecule has 3 aromatic rings. The highest BCUT2D eigenvalue weighted by molar-refractivity contribution is 5.96. The molecule has 0 saturated heterocycles. The van der Waals surface area contributed by atoms with Crippen LogP contribution in [0.2, 0.25) is 0 Å². The highest BCUT2D eigenvalue weighted by Gasteiger charge is 2.25. The van der Waals surface area contributed by atoms with Gasteiger partial charge in [-0.25, -0.2) is 4.79 Å². The van der Waals surface area contributed by atoms with Crippen LogP contribution in [0.5, 0.6) is 17.2 Å². The van der Waals surface area contributed by atoms with Crippen LogP contribution >= 0.6 is 0 Å². The molecular weight excluding hydrogens is 356 g/mol. The van der Waals surface area contributed by atoms with Crippen molar-refractivity contribution in [2.24, 2.45) is 0 Å². The van der Waals surface area contributed by atoms with E-state index in [1.807, 2.05) is 42.5 Å². The number of rotatable bonds is 5. The molecule has 0 spiro atoms. The van der Waals surface area contributed by atoms with Gasteiger partial charge in [0.25, 0.3) is 0 Å². The fourth-order valence-corrected chi connectivity index (χ4v) is 2.95. The molecule has 140 valence electrons. The van der Waals surface area contributed by atoms with E-state index < -0.39 is 0 Å². The Morgan fingerprint density at radius 2 is 1.61 bits per heavy atom. The first-order valence-corrected chi connectivity index (χ1v) is 8.85. The minimum atomic E-state index is -0.381. The van der Waals surface area contributed by atoms with Gasteiger partial charge in [0, 0.05) is 5.69 Å². The first-order chi connectivity index (χ1) is 13.7. The summed E-state index contributed by atoms with van der Waals surface area (Å²) in [5.74, 6) is 1.29. The standard InChI is InChI=1S/C22H18N2O4/c25-21(14-24-15-22(26)28-20-9-5-4-8-19(20)24)23-16-10-12-18(13-11-16)27-17-6-2-1-3-7-17/h1-13H,14-15H2,(H,23,25). The molecule has 3 aromatic carbocycles. The summed E-state index contributed by atoms with van der Waals surface area (Å²) in [6.45, 7) is 0.0860. The summed E-state index contributed by atoms with van der Waals surface area (Å²) in [6, 6.07) is 23.8. The average molecular weight is 374 g/mol. The van der Waals surface area contributed by atoms with Crippen LogP contribution in [0.25, 0.3) is 0 Å². The molecule has 0 radical (unpaired) electrons. The molecule has 1 aliphatic heterocycles. The molecular formula is C22H18N2O4. The molecule has 0 saturated carbocycles. The van der Waals surface area contributed by atoms with Gasteiger partial charge in [-0.2, -0.15) is 0 Å². The molecule has 1 aliphatic rings. The van der Waals surface area contributed by atoms with Crippen LogP contribution < -0.4 is 19.7 Å². The smallest absolute Gasteiger partial charge is 0.331 e. The number of nitrogens with one attached hydrogen (secondary N) is 1. The number of benzene rings is 3. The van der Waals surface area contributed by atoms with Crippen molar-refractivity contribution in [3.8, 4) is 17.2 Å². The van der Waals surface area contributed by atoms with E-state index in [-0.39, 0.29) is 25.0 Å². The van der Waals surface area contributed by atoms with E-state index >= 15 is 0 Å². The Morgan fingerprint density at radius 3 is 2.39 bits per heavy atom. The van der Waals surface area contributed by atoms with Crippen LogP contribution in [0.3, 0.4) is 0 Å². The molecule has 0 bridgehead atoms. The Bertz CT molecular complexity index is 987. The molecule has 6 heteroatoms. The number of anilines is 2. The Kier molecular flexibility index (Phi) is 4.93. The van der Waals surface area contributed by atoms with E-state index in [0.29, 0.717) is 17.2 Å². The monoisotopic (exact) mass is 374 g/mol. The van der Waals surface area contributed by atoms with Gasteiger partial charge in [-0.1, -0.05) is 30.3 Å². The van der Waals surface area contributed by atoms with Crippen molar-refractivity contribution in [1.82, 2.24) is 0 Å². The number of carbonyl (C=O) groups excluding carboxylic acids is 2.